The van der Waals surface area contributed by atoms with Crippen LogP contribution in [0.25, 0.3) is 0 Å². The van der Waals surface area contributed by atoms with Crippen LogP contribution >= 0.6 is 23.2 Å². The van der Waals surface area contributed by atoms with E-state index in [1.807, 2.05) is 27.7 Å². The predicted molar refractivity (Wildman–Crippen MR) is 149 cm³/mol. The van der Waals surface area contributed by atoms with Gasteiger partial charge in [-0.25, -0.2) is 8.42 Å². The second kappa shape index (κ2) is 12.8. The SMILES string of the molecule is CCOc1ccc(N(CC(=O)N(Cc2ccc(Cl)cc2Cl)C(CC)C(=O)NC(C)(C)C)S(C)(=O)=O)cc1. The number of halogens is 2. The van der Waals surface area contributed by atoms with Gasteiger partial charge in [0, 0.05) is 22.1 Å². The fourth-order valence-corrected chi connectivity index (χ4v) is 5.01. The maximum absolute atomic E-state index is 13.7. The lowest BCUT2D eigenvalue weighted by Gasteiger charge is -2.34. The molecule has 11 heteroatoms. The molecule has 0 saturated carbocycles. The first-order valence-corrected chi connectivity index (χ1v) is 14.5. The molecular weight excluding hydrogens is 537 g/mol. The van der Waals surface area contributed by atoms with E-state index < -0.39 is 34.1 Å². The second-order valence-corrected chi connectivity index (χ2v) is 12.4. The summed E-state index contributed by atoms with van der Waals surface area (Å²) in [7, 11) is -3.84. The maximum Gasteiger partial charge on any atom is 0.244 e. The summed E-state index contributed by atoms with van der Waals surface area (Å²) in [6.45, 7) is 9.12. The standard InChI is InChI=1S/C26H35Cl2N3O5S/c1-7-23(25(33)29-26(3,4)5)30(16-18-9-10-19(27)15-22(18)28)24(32)17-31(37(6,34)35)20-11-13-21(14-12-20)36-8-2/h9-15,23H,7-8,16-17H2,1-6H3,(H,29,33). The lowest BCUT2D eigenvalue weighted by Crippen LogP contribution is -2.55. The Labute approximate surface area is 229 Å². The van der Waals surface area contributed by atoms with Gasteiger partial charge in [-0.1, -0.05) is 36.2 Å². The number of benzene rings is 2. The monoisotopic (exact) mass is 571 g/mol. The van der Waals surface area contributed by atoms with Crippen LogP contribution in [0.4, 0.5) is 5.69 Å². The summed E-state index contributed by atoms with van der Waals surface area (Å²) in [5, 5.41) is 3.68. The van der Waals surface area contributed by atoms with Gasteiger partial charge in [-0.15, -0.1) is 0 Å². The fourth-order valence-electron chi connectivity index (χ4n) is 3.69. The number of carbonyl (C=O) groups is 2. The van der Waals surface area contributed by atoms with Gasteiger partial charge in [0.15, 0.2) is 0 Å². The molecule has 0 radical (unpaired) electrons. The number of hydrogen-bond acceptors (Lipinski definition) is 5. The van der Waals surface area contributed by atoms with Crippen LogP contribution in [-0.4, -0.2) is 56.1 Å². The first-order valence-electron chi connectivity index (χ1n) is 11.9. The van der Waals surface area contributed by atoms with Crippen molar-refractivity contribution in [1.82, 2.24) is 10.2 Å². The van der Waals surface area contributed by atoms with E-state index in [1.54, 1.807) is 49.4 Å². The summed E-state index contributed by atoms with van der Waals surface area (Å²) in [5.74, 6) is -0.323. The number of sulfonamides is 1. The fraction of sp³-hybridized carbons (Fsp3) is 0.462. The van der Waals surface area contributed by atoms with E-state index in [-0.39, 0.29) is 12.5 Å². The lowest BCUT2D eigenvalue weighted by atomic mass is 10.1. The Balaban J connectivity index is 2.47. The molecule has 2 amide bonds. The first-order chi connectivity index (χ1) is 17.2. The Bertz CT molecular complexity index is 1200. The van der Waals surface area contributed by atoms with Crippen molar-refractivity contribution >= 4 is 50.7 Å². The molecule has 1 atom stereocenters. The van der Waals surface area contributed by atoms with Crippen LogP contribution in [0.3, 0.4) is 0 Å². The Kier molecular flexibility index (Phi) is 10.7. The number of ether oxygens (including phenoxy) is 1. The Hall–Kier alpha value is -2.49. The third kappa shape index (κ3) is 9.09. The molecule has 1 N–H and O–H groups in total. The first kappa shape index (κ1) is 30.7. The molecule has 0 spiro atoms. The average molecular weight is 573 g/mol. The van der Waals surface area contributed by atoms with Gasteiger partial charge < -0.3 is 15.0 Å². The summed E-state index contributed by atoms with van der Waals surface area (Å²) in [4.78, 5) is 28.3. The summed E-state index contributed by atoms with van der Waals surface area (Å²) < 4.78 is 31.9. The molecule has 0 aromatic heterocycles. The Morgan fingerprint density at radius 3 is 2.16 bits per heavy atom. The van der Waals surface area contributed by atoms with Gasteiger partial charge in [-0.05, 0) is 76.1 Å². The summed E-state index contributed by atoms with van der Waals surface area (Å²) in [5.41, 5.74) is 0.350. The Morgan fingerprint density at radius 1 is 1.05 bits per heavy atom. The molecule has 2 aromatic rings. The van der Waals surface area contributed by atoms with Crippen LogP contribution < -0.4 is 14.4 Å². The molecule has 0 aliphatic rings. The van der Waals surface area contributed by atoms with Crippen molar-refractivity contribution < 1.29 is 22.7 Å². The molecule has 8 nitrogen and oxygen atoms in total. The van der Waals surface area contributed by atoms with Crippen molar-refractivity contribution in [3.05, 3.63) is 58.1 Å². The molecule has 0 heterocycles. The molecule has 2 rings (SSSR count). The topological polar surface area (TPSA) is 96.0 Å². The molecular formula is C26H35Cl2N3O5S. The van der Waals surface area contributed by atoms with Crippen molar-refractivity contribution in [2.45, 2.75) is 59.2 Å². The smallest absolute Gasteiger partial charge is 0.244 e. The highest BCUT2D eigenvalue weighted by atomic mass is 35.5. The van der Waals surface area contributed by atoms with Gasteiger partial charge in [0.2, 0.25) is 21.8 Å². The van der Waals surface area contributed by atoms with E-state index >= 15 is 0 Å². The molecule has 0 aliphatic heterocycles. The van der Waals surface area contributed by atoms with Gasteiger partial charge in [0.25, 0.3) is 0 Å². The van der Waals surface area contributed by atoms with Crippen molar-refractivity contribution in [2.75, 3.05) is 23.7 Å². The molecule has 204 valence electrons. The normalized spacial score (nSPS) is 12.5. The van der Waals surface area contributed by atoms with E-state index in [0.717, 1.165) is 10.6 Å². The number of rotatable bonds is 11. The number of amides is 2. The molecule has 1 unspecified atom stereocenters. The molecule has 0 aliphatic carbocycles. The minimum atomic E-state index is -3.84. The quantitative estimate of drug-likeness (QED) is 0.414. The third-order valence-corrected chi connectivity index (χ3v) is 7.08. The van der Waals surface area contributed by atoms with Crippen LogP contribution in [0.15, 0.2) is 42.5 Å². The van der Waals surface area contributed by atoms with Crippen molar-refractivity contribution in [3.8, 4) is 5.75 Å². The van der Waals surface area contributed by atoms with Gasteiger partial charge in [0.05, 0.1) is 18.6 Å². The zero-order valence-corrected chi connectivity index (χ0v) is 24.4. The number of nitrogens with zero attached hydrogens (tertiary/aromatic N) is 2. The summed E-state index contributed by atoms with van der Waals surface area (Å²) >= 11 is 12.4. The largest absolute Gasteiger partial charge is 0.494 e. The summed E-state index contributed by atoms with van der Waals surface area (Å²) in [6.07, 6.45) is 1.33. The van der Waals surface area contributed by atoms with Gasteiger partial charge in [0.1, 0.15) is 18.3 Å². The van der Waals surface area contributed by atoms with E-state index in [9.17, 15) is 18.0 Å². The highest BCUT2D eigenvalue weighted by molar-refractivity contribution is 7.92. The van der Waals surface area contributed by atoms with E-state index in [2.05, 4.69) is 5.32 Å². The number of nitrogens with one attached hydrogen (secondary N) is 1. The Morgan fingerprint density at radius 2 is 1.68 bits per heavy atom. The number of hydrogen-bond donors (Lipinski definition) is 1. The van der Waals surface area contributed by atoms with Gasteiger partial charge in [-0.3, -0.25) is 13.9 Å². The van der Waals surface area contributed by atoms with E-state index in [4.69, 9.17) is 27.9 Å². The minimum absolute atomic E-state index is 0.00815. The van der Waals surface area contributed by atoms with Crippen LogP contribution in [-0.2, 0) is 26.2 Å². The lowest BCUT2D eigenvalue weighted by molar-refractivity contribution is -0.141. The highest BCUT2D eigenvalue weighted by Crippen LogP contribution is 2.26. The average Bonchev–Trinajstić information content (AvgIpc) is 2.77. The minimum Gasteiger partial charge on any atom is -0.494 e. The van der Waals surface area contributed by atoms with Crippen molar-refractivity contribution in [2.24, 2.45) is 0 Å². The molecule has 0 bridgehead atoms. The molecule has 0 fully saturated rings. The predicted octanol–water partition coefficient (Wildman–Crippen LogP) is 4.88. The molecule has 2 aromatic carbocycles. The second-order valence-electron chi connectivity index (χ2n) is 9.62. The summed E-state index contributed by atoms with van der Waals surface area (Å²) in [6, 6.07) is 10.4. The number of carbonyl (C=O) groups excluding carboxylic acids is 2. The van der Waals surface area contributed by atoms with Gasteiger partial charge >= 0.3 is 0 Å². The van der Waals surface area contributed by atoms with Crippen LogP contribution in [0.2, 0.25) is 10.0 Å². The third-order valence-electron chi connectivity index (χ3n) is 5.35. The van der Waals surface area contributed by atoms with Crippen molar-refractivity contribution in [1.29, 1.82) is 0 Å². The van der Waals surface area contributed by atoms with Crippen molar-refractivity contribution in [3.63, 3.8) is 0 Å². The van der Waals surface area contributed by atoms with E-state index in [0.29, 0.717) is 40.1 Å². The molecule has 37 heavy (non-hydrogen) atoms. The maximum atomic E-state index is 13.7. The zero-order valence-electron chi connectivity index (χ0n) is 22.0. The van der Waals surface area contributed by atoms with E-state index in [1.165, 1.54) is 4.90 Å². The number of anilines is 1. The van der Waals surface area contributed by atoms with Crippen LogP contribution in [0, 0.1) is 0 Å². The van der Waals surface area contributed by atoms with Crippen LogP contribution in [0.1, 0.15) is 46.6 Å². The highest BCUT2D eigenvalue weighted by Gasteiger charge is 2.33. The molecule has 0 saturated heterocycles. The van der Waals surface area contributed by atoms with Crippen LogP contribution in [0.5, 0.6) is 5.75 Å². The van der Waals surface area contributed by atoms with Gasteiger partial charge in [-0.2, -0.15) is 0 Å². The zero-order chi connectivity index (χ0) is 28.0.